The highest BCUT2D eigenvalue weighted by atomic mass is 79.9. The number of rotatable bonds is 4. The van der Waals surface area contributed by atoms with E-state index in [4.69, 9.17) is 4.74 Å². The minimum Gasteiger partial charge on any atom is -0.444 e. The Kier molecular flexibility index (Phi) is 6.72. The Hall–Kier alpha value is -1.30. The fourth-order valence-corrected chi connectivity index (χ4v) is 3.41. The molecule has 1 aromatic rings. The highest BCUT2D eigenvalue weighted by Gasteiger charge is 2.25. The monoisotopic (exact) mass is 411 g/mol. The smallest absolute Gasteiger partial charge is 0.407 e. The summed E-state index contributed by atoms with van der Waals surface area (Å²) in [5.41, 5.74) is 0.564. The van der Waals surface area contributed by atoms with Crippen molar-refractivity contribution in [3.05, 3.63) is 22.3 Å². The van der Waals surface area contributed by atoms with Crippen molar-refractivity contribution >= 4 is 27.8 Å². The Bertz CT molecular complexity index is 593. The molecule has 1 aliphatic carbocycles. The first kappa shape index (κ1) is 20.0. The number of carbonyl (C=O) groups excluding carboxylic acids is 1. The minimum atomic E-state index is -0.445. The van der Waals surface area contributed by atoms with E-state index in [9.17, 15) is 4.79 Å². The average Bonchev–Trinajstić information content (AvgIpc) is 2.50. The first-order valence-electron chi connectivity index (χ1n) is 8.98. The number of ether oxygens (including phenoxy) is 1. The van der Waals surface area contributed by atoms with Crippen LogP contribution in [0.15, 0.2) is 16.6 Å². The molecule has 0 unspecified atom stereocenters. The quantitative estimate of drug-likeness (QED) is 0.781. The van der Waals surface area contributed by atoms with E-state index in [0.29, 0.717) is 5.92 Å². The van der Waals surface area contributed by atoms with Gasteiger partial charge in [-0.1, -0.05) is 0 Å². The average molecular weight is 412 g/mol. The Morgan fingerprint density at radius 3 is 2.52 bits per heavy atom. The Balaban J connectivity index is 1.78. The summed E-state index contributed by atoms with van der Waals surface area (Å²) in [4.78, 5) is 18.7. The van der Waals surface area contributed by atoms with Gasteiger partial charge >= 0.3 is 6.09 Å². The summed E-state index contributed by atoms with van der Waals surface area (Å²) in [6, 6.07) is 4.33. The van der Waals surface area contributed by atoms with Crippen LogP contribution in [0.4, 0.5) is 10.6 Å². The van der Waals surface area contributed by atoms with Gasteiger partial charge in [0.05, 0.1) is 5.69 Å². The molecule has 1 heterocycles. The highest BCUT2D eigenvalue weighted by molar-refractivity contribution is 9.10. The zero-order valence-corrected chi connectivity index (χ0v) is 17.5. The van der Waals surface area contributed by atoms with Gasteiger partial charge in [-0.05, 0) is 87.4 Å². The van der Waals surface area contributed by atoms with Crippen molar-refractivity contribution in [1.29, 1.82) is 0 Å². The number of pyridine rings is 1. The third kappa shape index (κ3) is 6.49. The van der Waals surface area contributed by atoms with Crippen LogP contribution in [0.5, 0.6) is 0 Å². The van der Waals surface area contributed by atoms with Gasteiger partial charge in [0.25, 0.3) is 0 Å². The van der Waals surface area contributed by atoms with E-state index in [2.05, 4.69) is 44.2 Å². The van der Waals surface area contributed by atoms with E-state index >= 15 is 0 Å². The van der Waals surface area contributed by atoms with Gasteiger partial charge in [-0.3, -0.25) is 0 Å². The molecule has 140 valence electrons. The SMILES string of the molecule is Cc1nc(N(C)CC2CCC(NC(=O)OC(C)(C)C)CC2)ccc1Br. The van der Waals surface area contributed by atoms with Gasteiger partial charge < -0.3 is 15.0 Å². The van der Waals surface area contributed by atoms with Gasteiger partial charge in [-0.25, -0.2) is 9.78 Å². The number of carbonyl (C=O) groups is 1. The first-order chi connectivity index (χ1) is 11.6. The third-order valence-corrected chi connectivity index (χ3v) is 5.34. The summed E-state index contributed by atoms with van der Waals surface area (Å²) in [6.45, 7) is 8.66. The molecule has 0 bridgehead atoms. The second kappa shape index (κ2) is 8.39. The summed E-state index contributed by atoms with van der Waals surface area (Å²) >= 11 is 3.50. The number of aromatic nitrogens is 1. The summed E-state index contributed by atoms with van der Waals surface area (Å²) in [5, 5.41) is 3.00. The van der Waals surface area contributed by atoms with Crippen molar-refractivity contribution in [3.63, 3.8) is 0 Å². The van der Waals surface area contributed by atoms with E-state index in [0.717, 1.165) is 48.2 Å². The molecule has 1 aromatic heterocycles. The lowest BCUT2D eigenvalue weighted by atomic mass is 9.86. The molecule has 0 saturated heterocycles. The lowest BCUT2D eigenvalue weighted by Gasteiger charge is -2.32. The molecule has 0 spiro atoms. The molecule has 5 nitrogen and oxygen atoms in total. The highest BCUT2D eigenvalue weighted by Crippen LogP contribution is 2.27. The van der Waals surface area contributed by atoms with E-state index in [1.165, 1.54) is 0 Å². The molecule has 1 fully saturated rings. The van der Waals surface area contributed by atoms with Gasteiger partial charge in [0, 0.05) is 24.1 Å². The molecular weight excluding hydrogens is 382 g/mol. The van der Waals surface area contributed by atoms with Crippen molar-refractivity contribution in [2.45, 2.75) is 65.0 Å². The van der Waals surface area contributed by atoms with Crippen molar-refractivity contribution in [2.24, 2.45) is 5.92 Å². The Labute approximate surface area is 159 Å². The van der Waals surface area contributed by atoms with Gasteiger partial charge in [0.1, 0.15) is 11.4 Å². The number of amides is 1. The van der Waals surface area contributed by atoms with Crippen LogP contribution in [0.1, 0.15) is 52.1 Å². The van der Waals surface area contributed by atoms with Crippen LogP contribution in [-0.4, -0.2) is 36.3 Å². The van der Waals surface area contributed by atoms with Crippen LogP contribution in [0, 0.1) is 12.8 Å². The standard InChI is InChI=1S/C19H30BrN3O2/c1-13-16(20)10-11-17(21-13)23(5)12-14-6-8-15(9-7-14)22-18(24)25-19(2,3)4/h10-11,14-15H,6-9,12H2,1-5H3,(H,22,24). The van der Waals surface area contributed by atoms with Gasteiger partial charge in [0.2, 0.25) is 0 Å². The van der Waals surface area contributed by atoms with Crippen molar-refractivity contribution < 1.29 is 9.53 Å². The fourth-order valence-electron chi connectivity index (χ4n) is 3.19. The molecular formula is C19H30BrN3O2. The predicted octanol–water partition coefficient (Wildman–Crippen LogP) is 4.67. The van der Waals surface area contributed by atoms with Crippen LogP contribution in [-0.2, 0) is 4.74 Å². The molecule has 0 atom stereocenters. The predicted molar refractivity (Wildman–Crippen MR) is 105 cm³/mol. The number of alkyl carbamates (subject to hydrolysis) is 1. The number of nitrogens with zero attached hydrogens (tertiary/aromatic N) is 2. The number of hydrogen-bond acceptors (Lipinski definition) is 4. The number of aryl methyl sites for hydroxylation is 1. The second-order valence-electron chi connectivity index (χ2n) is 7.98. The van der Waals surface area contributed by atoms with Crippen molar-refractivity contribution in [1.82, 2.24) is 10.3 Å². The molecule has 25 heavy (non-hydrogen) atoms. The Morgan fingerprint density at radius 2 is 1.96 bits per heavy atom. The van der Waals surface area contributed by atoms with Gasteiger partial charge in [0.15, 0.2) is 0 Å². The fraction of sp³-hybridized carbons (Fsp3) is 0.684. The largest absolute Gasteiger partial charge is 0.444 e. The second-order valence-corrected chi connectivity index (χ2v) is 8.84. The molecule has 0 radical (unpaired) electrons. The minimum absolute atomic E-state index is 0.226. The van der Waals surface area contributed by atoms with E-state index in [-0.39, 0.29) is 12.1 Å². The lowest BCUT2D eigenvalue weighted by molar-refractivity contribution is 0.0488. The summed E-state index contributed by atoms with van der Waals surface area (Å²) in [5.74, 6) is 1.64. The van der Waals surface area contributed by atoms with Crippen LogP contribution in [0.3, 0.4) is 0 Å². The molecule has 1 N–H and O–H groups in total. The summed E-state index contributed by atoms with van der Waals surface area (Å²) < 4.78 is 6.38. The summed E-state index contributed by atoms with van der Waals surface area (Å²) in [7, 11) is 2.10. The van der Waals surface area contributed by atoms with Gasteiger partial charge in [-0.2, -0.15) is 0 Å². The zero-order valence-electron chi connectivity index (χ0n) is 15.9. The maximum absolute atomic E-state index is 11.9. The van der Waals surface area contributed by atoms with E-state index in [1.807, 2.05) is 33.8 Å². The normalized spacial score (nSPS) is 20.9. The molecule has 2 rings (SSSR count). The number of anilines is 1. The number of hydrogen-bond donors (Lipinski definition) is 1. The Morgan fingerprint density at radius 1 is 1.32 bits per heavy atom. The molecule has 1 amide bonds. The number of halogens is 1. The van der Waals surface area contributed by atoms with Crippen molar-refractivity contribution in [3.8, 4) is 0 Å². The zero-order chi connectivity index (χ0) is 18.6. The van der Waals surface area contributed by atoms with Crippen molar-refractivity contribution in [2.75, 3.05) is 18.5 Å². The topological polar surface area (TPSA) is 54.5 Å². The van der Waals surface area contributed by atoms with Crippen LogP contribution < -0.4 is 10.2 Å². The van der Waals surface area contributed by atoms with Gasteiger partial charge in [-0.15, -0.1) is 0 Å². The van der Waals surface area contributed by atoms with E-state index in [1.54, 1.807) is 0 Å². The van der Waals surface area contributed by atoms with Crippen LogP contribution in [0.25, 0.3) is 0 Å². The molecule has 0 aromatic carbocycles. The third-order valence-electron chi connectivity index (χ3n) is 4.50. The van der Waals surface area contributed by atoms with Crippen LogP contribution in [0.2, 0.25) is 0 Å². The maximum Gasteiger partial charge on any atom is 0.407 e. The van der Waals surface area contributed by atoms with E-state index < -0.39 is 5.60 Å². The summed E-state index contributed by atoms with van der Waals surface area (Å²) in [6.07, 6.45) is 3.93. The van der Waals surface area contributed by atoms with Crippen LogP contribution >= 0.6 is 15.9 Å². The molecule has 6 heteroatoms. The maximum atomic E-state index is 11.9. The molecule has 0 aliphatic heterocycles. The lowest BCUT2D eigenvalue weighted by Crippen LogP contribution is -2.42. The molecule has 1 saturated carbocycles. The first-order valence-corrected chi connectivity index (χ1v) is 9.77. The molecule has 1 aliphatic rings. The number of nitrogens with one attached hydrogen (secondary N) is 1.